The smallest absolute Gasteiger partial charge is 0.187 e. The molecule has 0 saturated carbocycles. The van der Waals surface area contributed by atoms with E-state index in [-0.39, 0.29) is 24.4 Å². The van der Waals surface area contributed by atoms with Crippen molar-refractivity contribution in [3.63, 3.8) is 0 Å². The molecule has 0 spiro atoms. The van der Waals surface area contributed by atoms with Crippen LogP contribution in [-0.4, -0.2) is 102 Å². The maximum Gasteiger partial charge on any atom is 0.187 e. The second kappa shape index (κ2) is 14.1. The molecule has 0 radical (unpaired) electrons. The van der Waals surface area contributed by atoms with Crippen molar-refractivity contribution >= 4 is 0 Å². The summed E-state index contributed by atoms with van der Waals surface area (Å²) in [6, 6.07) is 19.7. The van der Waals surface area contributed by atoms with Crippen molar-refractivity contribution in [2.24, 2.45) is 0 Å². The topological polar surface area (TPSA) is 133 Å². The van der Waals surface area contributed by atoms with Gasteiger partial charge in [0.2, 0.25) is 0 Å². The fourth-order valence-corrected chi connectivity index (χ4v) is 6.55. The monoisotopic (exact) mass is 660 g/mol. The molecule has 0 bridgehead atoms. The van der Waals surface area contributed by atoms with Crippen LogP contribution < -0.4 is 0 Å². The Hall–Kier alpha value is -2.04. The molecule has 12 nitrogen and oxygen atoms in total. The third kappa shape index (κ3) is 8.23. The highest BCUT2D eigenvalue weighted by atomic mass is 16.8. The van der Waals surface area contributed by atoms with E-state index in [1.54, 1.807) is 0 Å². The summed E-state index contributed by atoms with van der Waals surface area (Å²) in [6.07, 6.45) is -4.73. The van der Waals surface area contributed by atoms with Gasteiger partial charge in [0.25, 0.3) is 0 Å². The van der Waals surface area contributed by atoms with Gasteiger partial charge in [-0.15, -0.1) is 0 Å². The third-order valence-corrected chi connectivity index (χ3v) is 8.57. The Morgan fingerprint density at radius 3 is 1.64 bits per heavy atom. The van der Waals surface area contributed by atoms with E-state index >= 15 is 0 Å². The molecule has 0 aliphatic carbocycles. The zero-order valence-electron chi connectivity index (χ0n) is 27.9. The van der Waals surface area contributed by atoms with Crippen molar-refractivity contribution in [1.29, 1.82) is 0 Å². The second-order valence-electron chi connectivity index (χ2n) is 13.8. The lowest BCUT2D eigenvalue weighted by Gasteiger charge is -2.27. The molecular weight excluding hydrogens is 612 g/mol. The Kier molecular flexibility index (Phi) is 10.4. The van der Waals surface area contributed by atoms with Crippen LogP contribution in [0.4, 0.5) is 0 Å². The van der Waals surface area contributed by atoms with E-state index in [1.165, 1.54) is 0 Å². The number of hydrogen-bond acceptors (Lipinski definition) is 12. The average molecular weight is 661 g/mol. The fourth-order valence-electron chi connectivity index (χ4n) is 6.55. The predicted molar refractivity (Wildman–Crippen MR) is 165 cm³/mol. The van der Waals surface area contributed by atoms with Gasteiger partial charge in [-0.1, -0.05) is 60.7 Å². The van der Waals surface area contributed by atoms with Crippen molar-refractivity contribution in [2.45, 2.75) is 134 Å². The molecule has 2 aromatic carbocycles. The molecule has 12 heteroatoms. The predicted octanol–water partition coefficient (Wildman–Crippen LogP) is 3.40. The number of fused-ring (bicyclic) bond motifs is 2. The van der Waals surface area contributed by atoms with Crippen LogP contribution in [0.2, 0.25) is 0 Å². The zero-order valence-corrected chi connectivity index (χ0v) is 27.9. The minimum Gasteiger partial charge on any atom is -0.394 e. The van der Waals surface area contributed by atoms with Gasteiger partial charge >= 0.3 is 0 Å². The van der Waals surface area contributed by atoms with E-state index in [9.17, 15) is 10.2 Å². The Balaban J connectivity index is 0.000000166. The minimum atomic E-state index is -1.03. The molecule has 47 heavy (non-hydrogen) atoms. The largest absolute Gasteiger partial charge is 0.394 e. The van der Waals surface area contributed by atoms with Crippen molar-refractivity contribution in [1.82, 2.24) is 0 Å². The van der Waals surface area contributed by atoms with Crippen molar-refractivity contribution < 1.29 is 57.6 Å². The minimum absolute atomic E-state index is 0.203. The SMILES string of the molecule is CC1(C)OC2[C@@H](C(O)CO)O[C@H](OCc3ccccc3)[C@@H]2O1.CC1(C)OCC([C@H]2O[C@H](OCc3ccccc3)[C@@H]3OC(C)(C)OC23)O1. The van der Waals surface area contributed by atoms with Gasteiger partial charge in [-0.2, -0.15) is 0 Å². The molecule has 10 atom stereocenters. The van der Waals surface area contributed by atoms with Crippen LogP contribution in [0.1, 0.15) is 52.7 Å². The van der Waals surface area contributed by atoms with E-state index in [4.69, 9.17) is 47.4 Å². The van der Waals surface area contributed by atoms with Crippen molar-refractivity contribution in [3.8, 4) is 0 Å². The van der Waals surface area contributed by atoms with Gasteiger partial charge in [0.05, 0.1) is 26.4 Å². The van der Waals surface area contributed by atoms with E-state index in [1.807, 2.05) is 102 Å². The van der Waals surface area contributed by atoms with Crippen LogP contribution in [0.25, 0.3) is 0 Å². The Bertz CT molecular complexity index is 1290. The molecule has 2 N–H and O–H groups in total. The van der Waals surface area contributed by atoms with Gasteiger partial charge < -0.3 is 57.6 Å². The van der Waals surface area contributed by atoms with Gasteiger partial charge in [-0.3, -0.25) is 0 Å². The average Bonchev–Trinajstić information content (AvgIpc) is 3.81. The number of hydrogen-bond donors (Lipinski definition) is 2. The zero-order chi connectivity index (χ0) is 33.4. The molecule has 7 rings (SSSR count). The van der Waals surface area contributed by atoms with Gasteiger partial charge in [0, 0.05) is 0 Å². The molecular formula is C35H48O12. The van der Waals surface area contributed by atoms with Crippen LogP contribution in [0, 0.1) is 0 Å². The number of rotatable bonds is 9. The highest BCUT2D eigenvalue weighted by Crippen LogP contribution is 2.43. The molecule has 0 aromatic heterocycles. The van der Waals surface area contributed by atoms with Gasteiger partial charge in [0.1, 0.15) is 48.8 Å². The summed E-state index contributed by atoms with van der Waals surface area (Å²) in [5.74, 6) is -2.04. The molecule has 260 valence electrons. The lowest BCUT2D eigenvalue weighted by atomic mass is 10.1. The van der Waals surface area contributed by atoms with Crippen molar-refractivity contribution in [2.75, 3.05) is 13.2 Å². The number of ether oxygens (including phenoxy) is 10. The Labute approximate surface area is 276 Å². The quantitative estimate of drug-likeness (QED) is 0.409. The van der Waals surface area contributed by atoms with E-state index in [2.05, 4.69) is 0 Å². The molecule has 5 fully saturated rings. The summed E-state index contributed by atoms with van der Waals surface area (Å²) in [6.45, 7) is 12.1. The lowest BCUT2D eigenvalue weighted by Crippen LogP contribution is -2.40. The summed E-state index contributed by atoms with van der Waals surface area (Å²) in [7, 11) is 0. The molecule has 0 amide bonds. The molecule has 4 unspecified atom stereocenters. The number of benzene rings is 2. The fraction of sp³-hybridized carbons (Fsp3) is 0.657. The van der Waals surface area contributed by atoms with Crippen LogP contribution in [0.5, 0.6) is 0 Å². The highest BCUT2D eigenvalue weighted by Gasteiger charge is 2.60. The summed E-state index contributed by atoms with van der Waals surface area (Å²) in [5.41, 5.74) is 2.11. The molecule has 5 aliphatic heterocycles. The van der Waals surface area contributed by atoms with Crippen LogP contribution >= 0.6 is 0 Å². The van der Waals surface area contributed by atoms with Gasteiger partial charge in [-0.25, -0.2) is 0 Å². The molecule has 5 aliphatic rings. The third-order valence-electron chi connectivity index (χ3n) is 8.57. The maximum atomic E-state index is 9.91. The van der Waals surface area contributed by atoms with Gasteiger partial charge in [-0.05, 0) is 52.7 Å². The molecule has 5 saturated heterocycles. The number of aliphatic hydroxyl groups excluding tert-OH is 2. The first-order valence-corrected chi connectivity index (χ1v) is 16.3. The second-order valence-corrected chi connectivity index (χ2v) is 13.8. The van der Waals surface area contributed by atoms with Crippen LogP contribution in [0.15, 0.2) is 60.7 Å². The Morgan fingerprint density at radius 2 is 1.13 bits per heavy atom. The summed E-state index contributed by atoms with van der Waals surface area (Å²) >= 11 is 0. The summed E-state index contributed by atoms with van der Waals surface area (Å²) in [4.78, 5) is 0. The first-order valence-electron chi connectivity index (χ1n) is 16.3. The Morgan fingerprint density at radius 1 is 0.638 bits per heavy atom. The highest BCUT2D eigenvalue weighted by molar-refractivity contribution is 5.14. The van der Waals surface area contributed by atoms with Crippen LogP contribution in [-0.2, 0) is 60.6 Å². The standard InChI is InChI=1S/C19H26O6.C16H22O6/c1-18(2)21-11-13(23-18)14-15-16(25-19(3,4)24-15)17(22-14)20-10-12-8-6-5-7-9-12;1-16(2)21-13-12(11(18)8-17)20-15(14(13)22-16)19-9-10-6-4-3-5-7-10/h5-9,13-17H,10-11H2,1-4H3;3-7,11-15,17-18H,8-9H2,1-2H3/t13?,14-,15?,16-,17+;11?,12-,13?,14-,15+/m11/s1. The first-order chi connectivity index (χ1) is 22.3. The first kappa shape index (κ1) is 34.8. The van der Waals surface area contributed by atoms with Crippen LogP contribution in [0.3, 0.4) is 0 Å². The summed E-state index contributed by atoms with van der Waals surface area (Å²) in [5, 5.41) is 19.1. The van der Waals surface area contributed by atoms with E-state index in [0.717, 1.165) is 11.1 Å². The van der Waals surface area contributed by atoms with Crippen molar-refractivity contribution in [3.05, 3.63) is 71.8 Å². The maximum absolute atomic E-state index is 9.91. The molecule has 2 aromatic rings. The van der Waals surface area contributed by atoms with E-state index in [0.29, 0.717) is 19.8 Å². The number of aliphatic hydroxyl groups is 2. The normalized spacial score (nSPS) is 36.8. The van der Waals surface area contributed by atoms with E-state index < -0.39 is 61.0 Å². The molecule has 5 heterocycles. The van der Waals surface area contributed by atoms with Gasteiger partial charge in [0.15, 0.2) is 29.9 Å². The lowest BCUT2D eigenvalue weighted by molar-refractivity contribution is -0.250. The summed E-state index contributed by atoms with van der Waals surface area (Å²) < 4.78 is 59.1.